The maximum absolute atomic E-state index is 12.3. The summed E-state index contributed by atoms with van der Waals surface area (Å²) in [4.78, 5) is 39.0. The van der Waals surface area contributed by atoms with Gasteiger partial charge in [-0.15, -0.1) is 0 Å². The van der Waals surface area contributed by atoms with E-state index in [2.05, 4.69) is 5.32 Å². The van der Waals surface area contributed by atoms with Crippen LogP contribution in [0.1, 0.15) is 24.2 Å². The van der Waals surface area contributed by atoms with Gasteiger partial charge in [-0.1, -0.05) is 0 Å². The monoisotopic (exact) mass is 353 g/mol. The Hall–Kier alpha value is -3.15. The van der Waals surface area contributed by atoms with Gasteiger partial charge in [0.15, 0.2) is 5.78 Å². The molecule has 0 aromatic heterocycles. The summed E-state index contributed by atoms with van der Waals surface area (Å²) >= 11 is 0. The van der Waals surface area contributed by atoms with Gasteiger partial charge in [-0.2, -0.15) is 0 Å². The first-order chi connectivity index (χ1) is 12.3. The Labute approximate surface area is 153 Å². The van der Waals surface area contributed by atoms with Crippen molar-refractivity contribution in [3.63, 3.8) is 0 Å². The summed E-state index contributed by atoms with van der Waals surface area (Å²) in [7, 11) is 3.88. The van der Waals surface area contributed by atoms with E-state index in [4.69, 9.17) is 0 Å². The first-order valence-electron chi connectivity index (χ1n) is 8.24. The number of nitrogens with one attached hydrogen (secondary N) is 1. The molecule has 0 saturated heterocycles. The molecule has 136 valence electrons. The van der Waals surface area contributed by atoms with Crippen LogP contribution in [0.15, 0.2) is 48.5 Å². The van der Waals surface area contributed by atoms with E-state index in [0.29, 0.717) is 16.9 Å². The van der Waals surface area contributed by atoms with Crippen LogP contribution in [0.2, 0.25) is 0 Å². The minimum absolute atomic E-state index is 0.0511. The quantitative estimate of drug-likeness (QED) is 0.811. The molecule has 0 unspecified atom stereocenters. The SMILES string of the molecule is CC(=O)c1ccc(N(CC(=O)Nc2ccc(N(C)C)cc2)C(C)=O)cc1. The zero-order valence-electron chi connectivity index (χ0n) is 15.4. The van der Waals surface area contributed by atoms with Crippen molar-refractivity contribution in [2.75, 3.05) is 35.8 Å². The third-order valence-corrected chi connectivity index (χ3v) is 3.93. The van der Waals surface area contributed by atoms with Crippen molar-refractivity contribution < 1.29 is 14.4 Å². The number of hydrogen-bond donors (Lipinski definition) is 1. The number of rotatable bonds is 6. The second-order valence-electron chi connectivity index (χ2n) is 6.20. The molecule has 0 aliphatic carbocycles. The molecule has 6 nitrogen and oxygen atoms in total. The molecule has 2 rings (SSSR count). The third kappa shape index (κ3) is 4.92. The number of ketones is 1. The Morgan fingerprint density at radius 3 is 1.85 bits per heavy atom. The van der Waals surface area contributed by atoms with Crippen LogP contribution in [-0.4, -0.2) is 38.2 Å². The molecular formula is C20H23N3O3. The average molecular weight is 353 g/mol. The number of carbonyl (C=O) groups is 3. The van der Waals surface area contributed by atoms with Crippen LogP contribution < -0.4 is 15.1 Å². The molecule has 0 radical (unpaired) electrons. The highest BCUT2D eigenvalue weighted by atomic mass is 16.2. The minimum atomic E-state index is -0.298. The lowest BCUT2D eigenvalue weighted by atomic mass is 10.1. The van der Waals surface area contributed by atoms with Crippen molar-refractivity contribution in [2.24, 2.45) is 0 Å². The van der Waals surface area contributed by atoms with E-state index >= 15 is 0 Å². The molecule has 0 fully saturated rings. The Balaban J connectivity index is 2.08. The highest BCUT2D eigenvalue weighted by molar-refractivity contribution is 6.02. The molecule has 0 aliphatic heterocycles. The fourth-order valence-corrected chi connectivity index (χ4v) is 2.45. The van der Waals surface area contributed by atoms with E-state index in [-0.39, 0.29) is 24.1 Å². The van der Waals surface area contributed by atoms with Gasteiger partial charge in [0.1, 0.15) is 6.54 Å². The molecule has 2 amide bonds. The van der Waals surface area contributed by atoms with Gasteiger partial charge < -0.3 is 15.1 Å². The van der Waals surface area contributed by atoms with E-state index in [0.717, 1.165) is 5.69 Å². The number of anilines is 3. The minimum Gasteiger partial charge on any atom is -0.378 e. The molecule has 2 aromatic rings. The van der Waals surface area contributed by atoms with Crippen LogP contribution in [0.25, 0.3) is 0 Å². The van der Waals surface area contributed by atoms with Crippen LogP contribution in [-0.2, 0) is 9.59 Å². The van der Waals surface area contributed by atoms with Crippen molar-refractivity contribution in [1.82, 2.24) is 0 Å². The third-order valence-electron chi connectivity index (χ3n) is 3.93. The fraction of sp³-hybridized carbons (Fsp3) is 0.250. The Bertz CT molecular complexity index is 796. The molecule has 0 saturated carbocycles. The summed E-state index contributed by atoms with van der Waals surface area (Å²) in [5.41, 5.74) is 2.82. The highest BCUT2D eigenvalue weighted by Crippen LogP contribution is 2.18. The molecular weight excluding hydrogens is 330 g/mol. The van der Waals surface area contributed by atoms with Gasteiger partial charge in [0.25, 0.3) is 0 Å². The van der Waals surface area contributed by atoms with Crippen LogP contribution >= 0.6 is 0 Å². The number of Topliss-reactive ketones (excluding diaryl/α,β-unsaturated/α-hetero) is 1. The summed E-state index contributed by atoms with van der Waals surface area (Å²) in [6.07, 6.45) is 0. The van der Waals surface area contributed by atoms with Crippen LogP contribution in [0.3, 0.4) is 0 Å². The second-order valence-corrected chi connectivity index (χ2v) is 6.20. The predicted octanol–water partition coefficient (Wildman–Crippen LogP) is 2.95. The molecule has 6 heteroatoms. The molecule has 0 atom stereocenters. The summed E-state index contributed by atoms with van der Waals surface area (Å²) in [6.45, 7) is 2.77. The van der Waals surface area contributed by atoms with E-state index in [1.807, 2.05) is 43.3 Å². The van der Waals surface area contributed by atoms with Gasteiger partial charge >= 0.3 is 0 Å². The summed E-state index contributed by atoms with van der Waals surface area (Å²) in [5.74, 6) is -0.600. The zero-order chi connectivity index (χ0) is 19.3. The first kappa shape index (κ1) is 19.2. The number of nitrogens with zero attached hydrogens (tertiary/aromatic N) is 2. The van der Waals surface area contributed by atoms with Gasteiger partial charge in [0, 0.05) is 43.6 Å². The van der Waals surface area contributed by atoms with Crippen molar-refractivity contribution in [3.05, 3.63) is 54.1 Å². The summed E-state index contributed by atoms with van der Waals surface area (Å²) in [5, 5.41) is 2.79. The lowest BCUT2D eigenvalue weighted by Gasteiger charge is -2.21. The maximum Gasteiger partial charge on any atom is 0.244 e. The Kier molecular flexibility index (Phi) is 6.11. The van der Waals surface area contributed by atoms with Crippen molar-refractivity contribution in [3.8, 4) is 0 Å². The fourth-order valence-electron chi connectivity index (χ4n) is 2.45. The van der Waals surface area contributed by atoms with Gasteiger partial charge in [0.2, 0.25) is 11.8 Å². The lowest BCUT2D eigenvalue weighted by molar-refractivity contribution is -0.120. The molecule has 0 aliphatic rings. The standard InChI is InChI=1S/C20H23N3O3/c1-14(24)16-5-9-19(10-6-16)23(15(2)25)13-20(26)21-17-7-11-18(12-8-17)22(3)4/h5-12H,13H2,1-4H3,(H,21,26). The number of amides is 2. The molecule has 1 N–H and O–H groups in total. The molecule has 0 heterocycles. The Morgan fingerprint density at radius 2 is 1.38 bits per heavy atom. The van der Waals surface area contributed by atoms with Crippen molar-refractivity contribution >= 4 is 34.7 Å². The normalized spacial score (nSPS) is 10.2. The van der Waals surface area contributed by atoms with Crippen molar-refractivity contribution in [1.29, 1.82) is 0 Å². The molecule has 0 spiro atoms. The van der Waals surface area contributed by atoms with Gasteiger partial charge in [0.05, 0.1) is 0 Å². The van der Waals surface area contributed by atoms with E-state index < -0.39 is 0 Å². The smallest absolute Gasteiger partial charge is 0.244 e. The first-order valence-corrected chi connectivity index (χ1v) is 8.24. The average Bonchev–Trinajstić information content (AvgIpc) is 2.60. The van der Waals surface area contributed by atoms with Gasteiger partial charge in [-0.05, 0) is 55.5 Å². The predicted molar refractivity (Wildman–Crippen MR) is 104 cm³/mol. The number of hydrogen-bond acceptors (Lipinski definition) is 4. The molecule has 0 bridgehead atoms. The van der Waals surface area contributed by atoms with Crippen molar-refractivity contribution in [2.45, 2.75) is 13.8 Å². The van der Waals surface area contributed by atoms with Crippen LogP contribution in [0.4, 0.5) is 17.1 Å². The van der Waals surface area contributed by atoms with Crippen LogP contribution in [0, 0.1) is 0 Å². The van der Waals surface area contributed by atoms with Crippen LogP contribution in [0.5, 0.6) is 0 Å². The van der Waals surface area contributed by atoms with Gasteiger partial charge in [-0.3, -0.25) is 14.4 Å². The zero-order valence-corrected chi connectivity index (χ0v) is 15.4. The maximum atomic E-state index is 12.3. The second kappa shape index (κ2) is 8.29. The molecule has 26 heavy (non-hydrogen) atoms. The lowest BCUT2D eigenvalue weighted by Crippen LogP contribution is -2.36. The summed E-state index contributed by atoms with van der Waals surface area (Å²) < 4.78 is 0. The Morgan fingerprint density at radius 1 is 0.846 bits per heavy atom. The number of carbonyl (C=O) groups excluding carboxylic acids is 3. The number of benzene rings is 2. The van der Waals surface area contributed by atoms with E-state index in [1.165, 1.54) is 18.7 Å². The van der Waals surface area contributed by atoms with Gasteiger partial charge in [-0.25, -0.2) is 0 Å². The largest absolute Gasteiger partial charge is 0.378 e. The highest BCUT2D eigenvalue weighted by Gasteiger charge is 2.16. The van der Waals surface area contributed by atoms with E-state index in [9.17, 15) is 14.4 Å². The topological polar surface area (TPSA) is 69.7 Å². The van der Waals surface area contributed by atoms with E-state index in [1.54, 1.807) is 24.3 Å². The molecule has 2 aromatic carbocycles. The summed E-state index contributed by atoms with van der Waals surface area (Å²) in [6, 6.07) is 14.0.